The van der Waals surface area contributed by atoms with Gasteiger partial charge in [0.25, 0.3) is 0 Å². The van der Waals surface area contributed by atoms with E-state index in [-0.39, 0.29) is 0 Å². The lowest BCUT2D eigenvalue weighted by Crippen LogP contribution is -2.36. The largest absolute Gasteiger partial charge is 0.378 e. The van der Waals surface area contributed by atoms with Gasteiger partial charge in [0, 0.05) is 18.8 Å². The van der Waals surface area contributed by atoms with Gasteiger partial charge in [-0.1, -0.05) is 33.8 Å². The Morgan fingerprint density at radius 3 is 2.11 bits per heavy atom. The zero-order valence-corrected chi connectivity index (χ0v) is 12.6. The number of rotatable bonds is 6. The highest BCUT2D eigenvalue weighted by Crippen LogP contribution is 2.26. The minimum atomic E-state index is 0.874. The molecule has 1 rings (SSSR count). The lowest BCUT2D eigenvalue weighted by molar-refractivity contribution is 0.0518. The summed E-state index contributed by atoms with van der Waals surface area (Å²) in [5.74, 6) is 0. The van der Waals surface area contributed by atoms with E-state index < -0.39 is 0 Å². The van der Waals surface area contributed by atoms with E-state index in [0.717, 1.165) is 52.0 Å². The van der Waals surface area contributed by atoms with Gasteiger partial charge in [-0.25, -0.2) is 0 Å². The van der Waals surface area contributed by atoms with E-state index in [9.17, 15) is 0 Å². The Balaban J connectivity index is 3.02. The van der Waals surface area contributed by atoms with Crippen LogP contribution in [0, 0.1) is 0 Å². The number of hydrogen-bond acceptors (Lipinski definition) is 2. The van der Waals surface area contributed by atoms with Crippen molar-refractivity contribution in [3.05, 3.63) is 22.9 Å². The van der Waals surface area contributed by atoms with Crippen LogP contribution in [0.25, 0.3) is 0 Å². The zero-order valence-electron chi connectivity index (χ0n) is 12.6. The van der Waals surface area contributed by atoms with Crippen LogP contribution < -0.4 is 0 Å². The highest BCUT2D eigenvalue weighted by Gasteiger charge is 2.16. The lowest BCUT2D eigenvalue weighted by Gasteiger charge is -2.33. The number of ether oxygens (including phenoxy) is 1. The molecule has 0 atom stereocenters. The highest BCUT2D eigenvalue weighted by atomic mass is 16.5. The molecule has 1 saturated heterocycles. The standard InChI is InChI=1S/C16H29NO/c1-5-9-14(6-2)15(7-3)16(8-4)17-10-12-18-13-11-17/h9H,5-8,10-13H2,1-4H3/b14-9+,16-15+. The van der Waals surface area contributed by atoms with E-state index >= 15 is 0 Å². The molecule has 1 heterocycles. The van der Waals surface area contributed by atoms with Crippen LogP contribution in [0.2, 0.25) is 0 Å². The second kappa shape index (κ2) is 8.36. The summed E-state index contributed by atoms with van der Waals surface area (Å²) in [6.07, 6.45) is 6.94. The van der Waals surface area contributed by atoms with Crippen molar-refractivity contribution in [1.29, 1.82) is 0 Å². The van der Waals surface area contributed by atoms with Gasteiger partial charge in [-0.3, -0.25) is 0 Å². The first-order valence-corrected chi connectivity index (χ1v) is 7.52. The molecular weight excluding hydrogens is 222 g/mol. The molecule has 1 aliphatic rings. The monoisotopic (exact) mass is 251 g/mol. The van der Waals surface area contributed by atoms with Crippen molar-refractivity contribution in [1.82, 2.24) is 4.90 Å². The molecule has 0 bridgehead atoms. The normalized spacial score (nSPS) is 18.9. The molecule has 0 spiro atoms. The maximum atomic E-state index is 5.46. The highest BCUT2D eigenvalue weighted by molar-refractivity contribution is 5.34. The molecule has 0 aromatic heterocycles. The minimum absolute atomic E-state index is 0.874. The summed E-state index contributed by atoms with van der Waals surface area (Å²) in [6, 6.07) is 0. The Labute approximate surface area is 113 Å². The van der Waals surface area contributed by atoms with E-state index in [4.69, 9.17) is 4.74 Å². The molecule has 0 aromatic carbocycles. The Morgan fingerprint density at radius 1 is 1.00 bits per heavy atom. The van der Waals surface area contributed by atoms with E-state index in [0.29, 0.717) is 0 Å². The molecule has 0 N–H and O–H groups in total. The van der Waals surface area contributed by atoms with E-state index in [2.05, 4.69) is 38.7 Å². The van der Waals surface area contributed by atoms with E-state index in [1.54, 1.807) is 16.8 Å². The topological polar surface area (TPSA) is 12.5 Å². The van der Waals surface area contributed by atoms with Gasteiger partial charge in [0.15, 0.2) is 0 Å². The Morgan fingerprint density at radius 2 is 1.67 bits per heavy atom. The van der Waals surface area contributed by atoms with E-state index in [1.165, 1.54) is 0 Å². The van der Waals surface area contributed by atoms with Crippen LogP contribution in [-0.4, -0.2) is 31.2 Å². The molecule has 18 heavy (non-hydrogen) atoms. The Hall–Kier alpha value is -0.760. The zero-order chi connectivity index (χ0) is 13.4. The number of nitrogens with zero attached hydrogens (tertiary/aromatic N) is 1. The molecular formula is C16H29NO. The Kier molecular flexibility index (Phi) is 7.11. The van der Waals surface area contributed by atoms with Crippen molar-refractivity contribution in [3.8, 4) is 0 Å². The second-order valence-electron chi connectivity index (χ2n) is 4.72. The predicted octanol–water partition coefficient (Wildman–Crippen LogP) is 4.14. The third-order valence-corrected chi connectivity index (χ3v) is 3.65. The molecule has 1 aliphatic heterocycles. The summed E-state index contributed by atoms with van der Waals surface area (Å²) in [7, 11) is 0. The molecule has 104 valence electrons. The average Bonchev–Trinajstić information content (AvgIpc) is 2.43. The molecule has 0 aromatic rings. The summed E-state index contributed by atoms with van der Waals surface area (Å²) in [5.41, 5.74) is 4.66. The molecule has 1 fully saturated rings. The van der Waals surface area contributed by atoms with Crippen LogP contribution in [0.5, 0.6) is 0 Å². The Bertz CT molecular complexity index is 298. The first kappa shape index (κ1) is 15.3. The van der Waals surface area contributed by atoms with Gasteiger partial charge in [-0.2, -0.15) is 0 Å². The van der Waals surface area contributed by atoms with Crippen LogP contribution >= 0.6 is 0 Å². The van der Waals surface area contributed by atoms with Gasteiger partial charge in [0.05, 0.1) is 13.2 Å². The second-order valence-corrected chi connectivity index (χ2v) is 4.72. The van der Waals surface area contributed by atoms with Gasteiger partial charge in [-0.05, 0) is 36.8 Å². The molecule has 2 heteroatoms. The summed E-state index contributed by atoms with van der Waals surface area (Å²) < 4.78 is 5.46. The van der Waals surface area contributed by atoms with Crippen molar-refractivity contribution in [2.75, 3.05) is 26.3 Å². The maximum absolute atomic E-state index is 5.46. The van der Waals surface area contributed by atoms with Crippen molar-refractivity contribution >= 4 is 0 Å². The minimum Gasteiger partial charge on any atom is -0.378 e. The summed E-state index contributed by atoms with van der Waals surface area (Å²) in [5, 5.41) is 0. The fraction of sp³-hybridized carbons (Fsp3) is 0.750. The SMILES string of the molecule is CC/C=C(CC)/C(CC)=C(\CC)N1CCOCC1. The van der Waals surface area contributed by atoms with E-state index in [1.807, 2.05) is 0 Å². The summed E-state index contributed by atoms with van der Waals surface area (Å²) in [4.78, 5) is 2.53. The molecule has 0 unspecified atom stereocenters. The van der Waals surface area contributed by atoms with Gasteiger partial charge in [0.2, 0.25) is 0 Å². The first-order valence-electron chi connectivity index (χ1n) is 7.52. The van der Waals surface area contributed by atoms with Crippen molar-refractivity contribution in [3.63, 3.8) is 0 Å². The quantitative estimate of drug-likeness (QED) is 0.658. The summed E-state index contributed by atoms with van der Waals surface area (Å²) in [6.45, 7) is 12.9. The number of morpholine rings is 1. The van der Waals surface area contributed by atoms with Gasteiger partial charge >= 0.3 is 0 Å². The van der Waals surface area contributed by atoms with Crippen molar-refractivity contribution < 1.29 is 4.74 Å². The lowest BCUT2D eigenvalue weighted by atomic mass is 9.96. The van der Waals surface area contributed by atoms with Crippen molar-refractivity contribution in [2.24, 2.45) is 0 Å². The maximum Gasteiger partial charge on any atom is 0.0642 e. The van der Waals surface area contributed by atoms with Gasteiger partial charge in [-0.15, -0.1) is 0 Å². The fourth-order valence-corrected chi connectivity index (χ4v) is 2.80. The molecule has 0 radical (unpaired) electrons. The van der Waals surface area contributed by atoms with Crippen LogP contribution in [0.15, 0.2) is 22.9 Å². The van der Waals surface area contributed by atoms with Crippen LogP contribution in [0.4, 0.5) is 0 Å². The number of allylic oxidation sites excluding steroid dienone is 4. The smallest absolute Gasteiger partial charge is 0.0642 e. The molecule has 0 aliphatic carbocycles. The third-order valence-electron chi connectivity index (χ3n) is 3.65. The first-order chi connectivity index (χ1) is 8.78. The molecule has 2 nitrogen and oxygen atoms in total. The fourth-order valence-electron chi connectivity index (χ4n) is 2.80. The van der Waals surface area contributed by atoms with Crippen molar-refractivity contribution in [2.45, 2.75) is 53.4 Å². The number of hydrogen-bond donors (Lipinski definition) is 0. The molecule has 0 amide bonds. The molecule has 0 saturated carbocycles. The van der Waals surface area contributed by atoms with Gasteiger partial charge < -0.3 is 9.64 Å². The predicted molar refractivity (Wildman–Crippen MR) is 78.7 cm³/mol. The summed E-state index contributed by atoms with van der Waals surface area (Å²) >= 11 is 0. The van der Waals surface area contributed by atoms with Crippen LogP contribution in [-0.2, 0) is 4.74 Å². The van der Waals surface area contributed by atoms with Crippen LogP contribution in [0.3, 0.4) is 0 Å². The third kappa shape index (κ3) is 3.88. The van der Waals surface area contributed by atoms with Gasteiger partial charge in [0.1, 0.15) is 0 Å². The average molecular weight is 251 g/mol. The van der Waals surface area contributed by atoms with Crippen LogP contribution in [0.1, 0.15) is 53.4 Å².